The van der Waals surface area contributed by atoms with Crippen molar-refractivity contribution in [2.75, 3.05) is 13.1 Å². The first-order chi connectivity index (χ1) is 12.7. The highest BCUT2D eigenvalue weighted by Gasteiger charge is 2.29. The van der Waals surface area contributed by atoms with Gasteiger partial charge in [-0.25, -0.2) is 0 Å². The number of nitrogens with zero attached hydrogens (tertiary/aromatic N) is 2. The quantitative estimate of drug-likeness (QED) is 0.763. The van der Waals surface area contributed by atoms with Crippen molar-refractivity contribution in [1.82, 2.24) is 25.7 Å². The van der Waals surface area contributed by atoms with Crippen molar-refractivity contribution >= 4 is 11.8 Å². The van der Waals surface area contributed by atoms with E-state index >= 15 is 0 Å². The fraction of sp³-hybridized carbons (Fsp3) is 0.421. The molecule has 7 nitrogen and oxygen atoms in total. The number of fused-ring (bicyclic) bond motifs is 1. The third kappa shape index (κ3) is 3.48. The Balaban J connectivity index is 1.28. The molecule has 7 heteroatoms. The average Bonchev–Trinajstić information content (AvgIpc) is 3.16. The van der Waals surface area contributed by atoms with Gasteiger partial charge in [-0.15, -0.1) is 0 Å². The molecule has 2 amide bonds. The van der Waals surface area contributed by atoms with E-state index in [9.17, 15) is 9.59 Å². The molecule has 3 N–H and O–H groups in total. The summed E-state index contributed by atoms with van der Waals surface area (Å²) in [6.45, 7) is 1.97. The van der Waals surface area contributed by atoms with E-state index in [2.05, 4.69) is 20.8 Å². The standard InChI is InChI=1S/C19H23N5O2/c25-18(16-10-14-11-21-23-17(14)12-20-16)22-15-6-8-24(9-7-15)19(26)13-4-2-1-3-5-13/h1-5,11,15-16,20H,6-10,12H2,(H,21,23)(H,22,25). The molecule has 2 aromatic rings. The van der Waals surface area contributed by atoms with Crippen LogP contribution in [-0.2, 0) is 17.8 Å². The molecule has 0 saturated carbocycles. The summed E-state index contributed by atoms with van der Waals surface area (Å²) in [5.74, 6) is 0.0986. The highest BCUT2D eigenvalue weighted by molar-refractivity contribution is 5.94. The van der Waals surface area contributed by atoms with Gasteiger partial charge in [0.2, 0.25) is 5.91 Å². The number of amides is 2. The first kappa shape index (κ1) is 16.8. The van der Waals surface area contributed by atoms with E-state index < -0.39 is 0 Å². The van der Waals surface area contributed by atoms with Crippen LogP contribution in [0.5, 0.6) is 0 Å². The Kier molecular flexibility index (Phi) is 4.71. The van der Waals surface area contributed by atoms with Gasteiger partial charge in [0.1, 0.15) is 0 Å². The average molecular weight is 353 g/mol. The Hall–Kier alpha value is -2.67. The number of H-pyrrole nitrogens is 1. The van der Waals surface area contributed by atoms with Crippen molar-refractivity contribution in [3.8, 4) is 0 Å². The summed E-state index contributed by atoms with van der Waals surface area (Å²) >= 11 is 0. The first-order valence-corrected chi connectivity index (χ1v) is 9.10. The number of likely N-dealkylation sites (tertiary alicyclic amines) is 1. The van der Waals surface area contributed by atoms with Crippen molar-refractivity contribution in [1.29, 1.82) is 0 Å². The minimum Gasteiger partial charge on any atom is -0.352 e. The van der Waals surface area contributed by atoms with Gasteiger partial charge in [-0.05, 0) is 30.5 Å². The van der Waals surface area contributed by atoms with E-state index in [0.717, 1.165) is 29.7 Å². The van der Waals surface area contributed by atoms with Crippen LogP contribution in [0, 0.1) is 0 Å². The number of hydrogen-bond acceptors (Lipinski definition) is 4. The summed E-state index contributed by atoms with van der Waals surface area (Å²) < 4.78 is 0. The number of hydrogen-bond donors (Lipinski definition) is 3. The molecule has 4 rings (SSSR count). The summed E-state index contributed by atoms with van der Waals surface area (Å²) in [6.07, 6.45) is 4.02. The largest absolute Gasteiger partial charge is 0.352 e. The zero-order chi connectivity index (χ0) is 17.9. The van der Waals surface area contributed by atoms with Crippen LogP contribution in [0.25, 0.3) is 0 Å². The maximum atomic E-state index is 12.6. The van der Waals surface area contributed by atoms with Crippen molar-refractivity contribution in [3.63, 3.8) is 0 Å². The molecule has 1 unspecified atom stereocenters. The third-order valence-corrected chi connectivity index (χ3v) is 5.22. The van der Waals surface area contributed by atoms with Crippen LogP contribution in [0.4, 0.5) is 0 Å². The summed E-state index contributed by atoms with van der Waals surface area (Å²) in [4.78, 5) is 26.9. The lowest BCUT2D eigenvalue weighted by molar-refractivity contribution is -0.124. The Labute approximate surface area is 152 Å². The fourth-order valence-corrected chi connectivity index (χ4v) is 3.66. The van der Waals surface area contributed by atoms with Crippen LogP contribution in [0.1, 0.15) is 34.5 Å². The molecule has 2 aliphatic rings. The van der Waals surface area contributed by atoms with E-state index in [-0.39, 0.29) is 23.9 Å². The SMILES string of the molecule is O=C(NC1CCN(C(=O)c2ccccc2)CC1)C1Cc2cn[nH]c2CN1. The Bertz CT molecular complexity index is 780. The number of rotatable bonds is 3. The predicted octanol–water partition coefficient (Wildman–Crippen LogP) is 0.845. The molecule has 0 radical (unpaired) electrons. The Morgan fingerprint density at radius 3 is 2.69 bits per heavy atom. The molecule has 26 heavy (non-hydrogen) atoms. The van der Waals surface area contributed by atoms with Crippen LogP contribution < -0.4 is 10.6 Å². The zero-order valence-corrected chi connectivity index (χ0v) is 14.6. The molecule has 0 aliphatic carbocycles. The van der Waals surface area contributed by atoms with Crippen molar-refractivity contribution in [3.05, 3.63) is 53.3 Å². The van der Waals surface area contributed by atoms with Crippen LogP contribution >= 0.6 is 0 Å². The summed E-state index contributed by atoms with van der Waals surface area (Å²) in [7, 11) is 0. The van der Waals surface area contributed by atoms with Crippen LogP contribution in [-0.4, -0.2) is 52.1 Å². The van der Waals surface area contributed by atoms with E-state index in [1.54, 1.807) is 6.20 Å². The van der Waals surface area contributed by atoms with Gasteiger partial charge in [0, 0.05) is 37.7 Å². The molecular formula is C19H23N5O2. The molecule has 1 aromatic carbocycles. The summed E-state index contributed by atoms with van der Waals surface area (Å²) in [6, 6.07) is 9.25. The number of carbonyl (C=O) groups excluding carboxylic acids is 2. The molecule has 1 fully saturated rings. The van der Waals surface area contributed by atoms with Gasteiger partial charge in [-0.2, -0.15) is 5.10 Å². The maximum Gasteiger partial charge on any atom is 0.253 e. The number of piperidine rings is 1. The zero-order valence-electron chi connectivity index (χ0n) is 14.6. The van der Waals surface area contributed by atoms with E-state index in [0.29, 0.717) is 26.1 Å². The van der Waals surface area contributed by atoms with Gasteiger partial charge < -0.3 is 10.2 Å². The lowest BCUT2D eigenvalue weighted by Crippen LogP contribution is -2.53. The topological polar surface area (TPSA) is 90.1 Å². The van der Waals surface area contributed by atoms with Gasteiger partial charge in [-0.3, -0.25) is 20.0 Å². The second-order valence-electron chi connectivity index (χ2n) is 6.95. The molecule has 1 aromatic heterocycles. The number of nitrogens with one attached hydrogen (secondary N) is 3. The number of benzene rings is 1. The molecule has 136 valence electrons. The normalized spacial score (nSPS) is 20.5. The summed E-state index contributed by atoms with van der Waals surface area (Å²) in [5.41, 5.74) is 2.88. The van der Waals surface area contributed by atoms with Crippen LogP contribution in [0.3, 0.4) is 0 Å². The minimum absolute atomic E-state index is 0.0321. The highest BCUT2D eigenvalue weighted by atomic mass is 16.2. The van der Waals surface area contributed by atoms with Crippen molar-refractivity contribution in [2.24, 2.45) is 0 Å². The molecular weight excluding hydrogens is 330 g/mol. The predicted molar refractivity (Wildman–Crippen MR) is 96.4 cm³/mol. The van der Waals surface area contributed by atoms with E-state index in [1.807, 2.05) is 35.2 Å². The van der Waals surface area contributed by atoms with Gasteiger partial charge >= 0.3 is 0 Å². The van der Waals surface area contributed by atoms with Gasteiger partial charge in [0.05, 0.1) is 17.9 Å². The number of aromatic nitrogens is 2. The van der Waals surface area contributed by atoms with E-state index in [1.165, 1.54) is 0 Å². The minimum atomic E-state index is -0.218. The van der Waals surface area contributed by atoms with E-state index in [4.69, 9.17) is 0 Å². The van der Waals surface area contributed by atoms with Crippen molar-refractivity contribution in [2.45, 2.75) is 37.9 Å². The van der Waals surface area contributed by atoms with Gasteiger partial charge in [-0.1, -0.05) is 18.2 Å². The molecule has 1 saturated heterocycles. The summed E-state index contributed by atoms with van der Waals surface area (Å²) in [5, 5.41) is 13.4. The van der Waals surface area contributed by atoms with Crippen molar-refractivity contribution < 1.29 is 9.59 Å². The van der Waals surface area contributed by atoms with Gasteiger partial charge in [0.15, 0.2) is 0 Å². The number of carbonyl (C=O) groups is 2. The maximum absolute atomic E-state index is 12.6. The monoisotopic (exact) mass is 353 g/mol. The molecule has 0 spiro atoms. The second kappa shape index (κ2) is 7.29. The highest BCUT2D eigenvalue weighted by Crippen LogP contribution is 2.16. The Morgan fingerprint density at radius 1 is 1.15 bits per heavy atom. The second-order valence-corrected chi connectivity index (χ2v) is 6.95. The first-order valence-electron chi connectivity index (χ1n) is 9.10. The Morgan fingerprint density at radius 2 is 1.92 bits per heavy atom. The van der Waals surface area contributed by atoms with Crippen LogP contribution in [0.15, 0.2) is 36.5 Å². The lowest BCUT2D eigenvalue weighted by atomic mass is 9.99. The van der Waals surface area contributed by atoms with Gasteiger partial charge in [0.25, 0.3) is 5.91 Å². The fourth-order valence-electron chi connectivity index (χ4n) is 3.66. The molecule has 3 heterocycles. The third-order valence-electron chi connectivity index (χ3n) is 5.22. The molecule has 1 atom stereocenters. The molecule has 0 bridgehead atoms. The lowest BCUT2D eigenvalue weighted by Gasteiger charge is -2.33. The van der Waals surface area contributed by atoms with Crippen LogP contribution in [0.2, 0.25) is 0 Å². The smallest absolute Gasteiger partial charge is 0.253 e. The number of aromatic amines is 1. The molecule has 2 aliphatic heterocycles.